The van der Waals surface area contributed by atoms with E-state index in [2.05, 4.69) is 0 Å². The number of nitrogens with zero attached hydrogens (tertiary/aromatic N) is 2. The highest BCUT2D eigenvalue weighted by atomic mass is 19.4. The van der Waals surface area contributed by atoms with Crippen LogP contribution in [0.4, 0.5) is 26.3 Å². The minimum Gasteiger partial charge on any atom is -0.340 e. The fourth-order valence-electron chi connectivity index (χ4n) is 4.08. The van der Waals surface area contributed by atoms with Crippen LogP contribution in [0.5, 0.6) is 0 Å². The Morgan fingerprint density at radius 1 is 1.03 bits per heavy atom. The molecule has 4 nitrogen and oxygen atoms in total. The van der Waals surface area contributed by atoms with Crippen molar-refractivity contribution in [1.29, 1.82) is 0 Å². The van der Waals surface area contributed by atoms with Gasteiger partial charge in [0.25, 0.3) is 0 Å². The second-order valence-electron chi connectivity index (χ2n) is 7.97. The van der Waals surface area contributed by atoms with Gasteiger partial charge >= 0.3 is 12.4 Å². The molecule has 2 amide bonds. The Balaban J connectivity index is 1.78. The molecule has 2 fully saturated rings. The van der Waals surface area contributed by atoms with Gasteiger partial charge in [-0.1, -0.05) is 0 Å². The van der Waals surface area contributed by atoms with E-state index in [4.69, 9.17) is 0 Å². The Labute approximate surface area is 169 Å². The lowest BCUT2D eigenvalue weighted by Crippen LogP contribution is -2.45. The van der Waals surface area contributed by atoms with Crippen LogP contribution in [-0.2, 0) is 28.5 Å². The van der Waals surface area contributed by atoms with Crippen LogP contribution in [0.25, 0.3) is 0 Å². The third kappa shape index (κ3) is 4.89. The molecule has 0 unspecified atom stereocenters. The van der Waals surface area contributed by atoms with Gasteiger partial charge in [0.05, 0.1) is 17.0 Å². The summed E-state index contributed by atoms with van der Waals surface area (Å²) in [5, 5.41) is 0. The van der Waals surface area contributed by atoms with Crippen LogP contribution in [-0.4, -0.2) is 40.7 Å². The Kier molecular flexibility index (Phi) is 6.06. The zero-order chi connectivity index (χ0) is 22.3. The summed E-state index contributed by atoms with van der Waals surface area (Å²) in [7, 11) is 0. The lowest BCUT2D eigenvalue weighted by molar-refractivity contribution is -0.143. The fraction of sp³-hybridized carbons (Fsp3) is 0.600. The van der Waals surface area contributed by atoms with Gasteiger partial charge in [-0.25, -0.2) is 0 Å². The molecule has 0 aliphatic carbocycles. The zero-order valence-electron chi connectivity index (χ0n) is 16.3. The number of carbonyl (C=O) groups is 2. The van der Waals surface area contributed by atoms with Crippen molar-refractivity contribution in [3.05, 3.63) is 34.9 Å². The number of rotatable bonds is 3. The normalized spacial score (nSPS) is 23.2. The van der Waals surface area contributed by atoms with Crippen LogP contribution in [0.1, 0.15) is 49.3 Å². The van der Waals surface area contributed by atoms with Gasteiger partial charge in [-0.05, 0) is 49.9 Å². The van der Waals surface area contributed by atoms with Crippen LogP contribution in [0.2, 0.25) is 0 Å². The number of hydrogen-bond donors (Lipinski definition) is 0. The molecule has 0 bridgehead atoms. The first-order chi connectivity index (χ1) is 13.9. The average molecular weight is 436 g/mol. The maximum Gasteiger partial charge on any atom is 0.416 e. The quantitative estimate of drug-likeness (QED) is 0.656. The van der Waals surface area contributed by atoms with Gasteiger partial charge in [-0.15, -0.1) is 0 Å². The SMILES string of the molecule is C[C@@H]1CCCCN1C(=O)[C@H]1CC(=O)N(Cc2cc(C(F)(F)F)cc(C(F)(F)F)c2)C1. The molecule has 0 radical (unpaired) electrons. The number of carbonyl (C=O) groups excluding carboxylic acids is 2. The fourth-order valence-corrected chi connectivity index (χ4v) is 4.08. The van der Waals surface area contributed by atoms with E-state index in [1.54, 1.807) is 4.90 Å². The molecule has 3 rings (SSSR count). The molecule has 2 heterocycles. The van der Waals surface area contributed by atoms with Crippen molar-refractivity contribution in [3.63, 3.8) is 0 Å². The molecule has 30 heavy (non-hydrogen) atoms. The first-order valence-electron chi connectivity index (χ1n) is 9.73. The van der Waals surface area contributed by atoms with Crippen LogP contribution in [0, 0.1) is 5.92 Å². The predicted molar refractivity (Wildman–Crippen MR) is 95.0 cm³/mol. The number of hydrogen-bond acceptors (Lipinski definition) is 2. The molecule has 10 heteroatoms. The van der Waals surface area contributed by atoms with Crippen LogP contribution >= 0.6 is 0 Å². The van der Waals surface area contributed by atoms with E-state index in [-0.39, 0.29) is 36.5 Å². The van der Waals surface area contributed by atoms with Crippen molar-refractivity contribution in [2.75, 3.05) is 13.1 Å². The van der Waals surface area contributed by atoms with Crippen molar-refractivity contribution in [2.24, 2.45) is 5.92 Å². The maximum absolute atomic E-state index is 13.0. The van der Waals surface area contributed by atoms with E-state index < -0.39 is 41.8 Å². The topological polar surface area (TPSA) is 40.6 Å². The first kappa shape index (κ1) is 22.4. The zero-order valence-corrected chi connectivity index (χ0v) is 16.3. The van der Waals surface area contributed by atoms with Gasteiger partial charge in [0.2, 0.25) is 11.8 Å². The summed E-state index contributed by atoms with van der Waals surface area (Å²) in [4.78, 5) is 28.0. The number of halogens is 6. The molecule has 2 saturated heterocycles. The van der Waals surface area contributed by atoms with Crippen LogP contribution in [0.15, 0.2) is 18.2 Å². The van der Waals surface area contributed by atoms with Crippen molar-refractivity contribution in [2.45, 2.75) is 57.5 Å². The Bertz CT molecular complexity index is 788. The minimum atomic E-state index is -4.95. The summed E-state index contributed by atoms with van der Waals surface area (Å²) in [5.74, 6) is -1.27. The van der Waals surface area contributed by atoms with E-state index in [1.807, 2.05) is 6.92 Å². The van der Waals surface area contributed by atoms with Crippen LogP contribution < -0.4 is 0 Å². The molecule has 2 atom stereocenters. The van der Waals surface area contributed by atoms with Gasteiger partial charge < -0.3 is 9.80 Å². The maximum atomic E-state index is 13.0. The van der Waals surface area contributed by atoms with Crippen LogP contribution in [0.3, 0.4) is 0 Å². The molecule has 1 aromatic carbocycles. The smallest absolute Gasteiger partial charge is 0.340 e. The molecule has 0 saturated carbocycles. The van der Waals surface area contributed by atoms with Gasteiger partial charge in [-0.3, -0.25) is 9.59 Å². The molecule has 0 aromatic heterocycles. The van der Waals surface area contributed by atoms with E-state index >= 15 is 0 Å². The molecule has 0 spiro atoms. The monoisotopic (exact) mass is 436 g/mol. The largest absolute Gasteiger partial charge is 0.416 e. The first-order valence-corrected chi connectivity index (χ1v) is 9.73. The summed E-state index contributed by atoms with van der Waals surface area (Å²) in [6.07, 6.45) is -7.25. The van der Waals surface area contributed by atoms with Gasteiger partial charge in [0.1, 0.15) is 0 Å². The number of piperidine rings is 1. The Morgan fingerprint density at radius 3 is 2.17 bits per heavy atom. The highest BCUT2D eigenvalue weighted by molar-refractivity contribution is 5.89. The lowest BCUT2D eigenvalue weighted by Gasteiger charge is -2.35. The summed E-state index contributed by atoms with van der Waals surface area (Å²) in [6, 6.07) is 1.34. The second kappa shape index (κ2) is 8.11. The molecule has 1 aromatic rings. The summed E-state index contributed by atoms with van der Waals surface area (Å²) >= 11 is 0. The summed E-state index contributed by atoms with van der Waals surface area (Å²) < 4.78 is 78.2. The van der Waals surface area contributed by atoms with E-state index in [0.717, 1.165) is 24.2 Å². The van der Waals surface area contributed by atoms with E-state index in [1.165, 1.54) is 0 Å². The Hall–Kier alpha value is -2.26. The lowest BCUT2D eigenvalue weighted by atomic mass is 9.99. The van der Waals surface area contributed by atoms with Crippen molar-refractivity contribution < 1.29 is 35.9 Å². The van der Waals surface area contributed by atoms with Crippen molar-refractivity contribution in [1.82, 2.24) is 9.80 Å². The standard InChI is InChI=1S/C20H22F6N2O2/c1-12-4-2-3-5-28(12)18(30)14-8-17(29)27(11-14)10-13-6-15(19(21,22)23)9-16(7-13)20(24,25)26/h6-7,9,12,14H,2-5,8,10-11H2,1H3/t12-,14+/m1/s1. The summed E-state index contributed by atoms with van der Waals surface area (Å²) in [6.45, 7) is 2.09. The summed E-state index contributed by atoms with van der Waals surface area (Å²) in [5.41, 5.74) is -3.12. The van der Waals surface area contributed by atoms with Gasteiger partial charge in [0, 0.05) is 32.1 Å². The van der Waals surface area contributed by atoms with Gasteiger partial charge in [0.15, 0.2) is 0 Å². The predicted octanol–water partition coefficient (Wildman–Crippen LogP) is 4.47. The third-order valence-electron chi connectivity index (χ3n) is 5.67. The van der Waals surface area contributed by atoms with Gasteiger partial charge in [-0.2, -0.15) is 26.3 Å². The number of amides is 2. The molecule has 2 aliphatic rings. The van der Waals surface area contributed by atoms with E-state index in [9.17, 15) is 35.9 Å². The van der Waals surface area contributed by atoms with E-state index in [0.29, 0.717) is 18.7 Å². The molecule has 2 aliphatic heterocycles. The Morgan fingerprint density at radius 2 is 1.63 bits per heavy atom. The van der Waals surface area contributed by atoms with Crippen molar-refractivity contribution >= 4 is 11.8 Å². The molecule has 166 valence electrons. The molecule has 0 N–H and O–H groups in total. The van der Waals surface area contributed by atoms with Crippen molar-refractivity contribution in [3.8, 4) is 0 Å². The second-order valence-corrected chi connectivity index (χ2v) is 7.97. The third-order valence-corrected chi connectivity index (χ3v) is 5.67. The molecular formula is C20H22F6N2O2. The number of benzene rings is 1. The highest BCUT2D eigenvalue weighted by Crippen LogP contribution is 2.37. The average Bonchev–Trinajstić information content (AvgIpc) is 3.00. The number of likely N-dealkylation sites (tertiary alicyclic amines) is 2. The minimum absolute atomic E-state index is 0.0154. The number of alkyl halides is 6. The molecular weight excluding hydrogens is 414 g/mol. The highest BCUT2D eigenvalue weighted by Gasteiger charge is 2.40.